The van der Waals surface area contributed by atoms with Crippen molar-refractivity contribution in [2.45, 2.75) is 31.7 Å². The number of nitrogens with two attached hydrogens (primary N) is 1. The molecule has 1 saturated carbocycles. The molecule has 1 heterocycles. The van der Waals surface area contributed by atoms with Gasteiger partial charge in [0.2, 0.25) is 0 Å². The second-order valence-electron chi connectivity index (χ2n) is 5.62. The highest BCUT2D eigenvalue weighted by atomic mass is 35.5. The fraction of sp³-hybridized carbons (Fsp3) is 0.438. The van der Waals surface area contributed by atoms with Crippen LogP contribution in [0.15, 0.2) is 30.6 Å². The molecule has 3 rings (SSSR count). The number of hydrogen-bond acceptors (Lipinski definition) is 4. The highest BCUT2D eigenvalue weighted by Gasteiger charge is 2.25. The van der Waals surface area contributed by atoms with Gasteiger partial charge in [0.15, 0.2) is 0 Å². The van der Waals surface area contributed by atoms with Crippen LogP contribution >= 0.6 is 12.4 Å². The maximum absolute atomic E-state index is 12.4. The predicted molar refractivity (Wildman–Crippen MR) is 89.1 cm³/mol. The summed E-state index contributed by atoms with van der Waals surface area (Å²) in [7, 11) is 0. The molecule has 5 nitrogen and oxygen atoms in total. The van der Waals surface area contributed by atoms with Gasteiger partial charge >= 0.3 is 0 Å². The van der Waals surface area contributed by atoms with Gasteiger partial charge in [-0.3, -0.25) is 14.8 Å². The van der Waals surface area contributed by atoms with Crippen LogP contribution in [0.5, 0.6) is 0 Å². The van der Waals surface area contributed by atoms with Gasteiger partial charge in [0, 0.05) is 24.0 Å². The third-order valence-corrected chi connectivity index (χ3v) is 4.26. The molecule has 2 aromatic rings. The van der Waals surface area contributed by atoms with Crippen LogP contribution in [0.25, 0.3) is 11.0 Å². The average Bonchev–Trinajstić information content (AvgIpc) is 2.55. The summed E-state index contributed by atoms with van der Waals surface area (Å²) in [5, 5.41) is 3.13. The Labute approximate surface area is 136 Å². The summed E-state index contributed by atoms with van der Waals surface area (Å²) in [6, 6.07) is 5.61. The lowest BCUT2D eigenvalue weighted by molar-refractivity contribution is 0.0908. The predicted octanol–water partition coefficient (Wildman–Crippen LogP) is 2.30. The SMILES string of the molecule is Cl.NCC1CCCCC1NC(=O)c1ccc2nccnc2c1. The Morgan fingerprint density at radius 2 is 1.91 bits per heavy atom. The minimum absolute atomic E-state index is 0. The van der Waals surface area contributed by atoms with Gasteiger partial charge in [-0.05, 0) is 43.5 Å². The van der Waals surface area contributed by atoms with Gasteiger partial charge in [0.1, 0.15) is 0 Å². The van der Waals surface area contributed by atoms with Gasteiger partial charge in [-0.25, -0.2) is 0 Å². The van der Waals surface area contributed by atoms with Crippen molar-refractivity contribution in [2.24, 2.45) is 11.7 Å². The van der Waals surface area contributed by atoms with Gasteiger partial charge in [0.25, 0.3) is 5.91 Å². The van der Waals surface area contributed by atoms with Crippen molar-refractivity contribution < 1.29 is 4.79 Å². The number of benzene rings is 1. The third kappa shape index (κ3) is 3.54. The summed E-state index contributed by atoms with van der Waals surface area (Å²) >= 11 is 0. The molecule has 6 heteroatoms. The van der Waals surface area contributed by atoms with E-state index in [2.05, 4.69) is 15.3 Å². The first kappa shape index (κ1) is 16.6. The van der Waals surface area contributed by atoms with E-state index in [-0.39, 0.29) is 24.4 Å². The summed E-state index contributed by atoms with van der Waals surface area (Å²) in [5.41, 5.74) is 7.98. The first-order valence-corrected chi connectivity index (χ1v) is 7.49. The molecule has 1 aliphatic rings. The van der Waals surface area contributed by atoms with Crippen LogP contribution in [-0.2, 0) is 0 Å². The maximum atomic E-state index is 12.4. The molecule has 2 atom stereocenters. The zero-order valence-corrected chi connectivity index (χ0v) is 13.2. The first-order valence-electron chi connectivity index (χ1n) is 7.49. The van der Waals surface area contributed by atoms with Gasteiger partial charge in [-0.1, -0.05) is 12.8 Å². The molecule has 1 amide bonds. The molecule has 0 bridgehead atoms. The Morgan fingerprint density at radius 1 is 1.18 bits per heavy atom. The number of aromatic nitrogens is 2. The van der Waals surface area contributed by atoms with E-state index in [9.17, 15) is 4.79 Å². The number of carbonyl (C=O) groups is 1. The molecule has 1 aromatic carbocycles. The zero-order valence-electron chi connectivity index (χ0n) is 12.4. The zero-order chi connectivity index (χ0) is 14.7. The minimum Gasteiger partial charge on any atom is -0.349 e. The summed E-state index contributed by atoms with van der Waals surface area (Å²) in [6.07, 6.45) is 7.77. The summed E-state index contributed by atoms with van der Waals surface area (Å²) in [5.74, 6) is 0.343. The van der Waals surface area contributed by atoms with Crippen LogP contribution in [0.3, 0.4) is 0 Å². The van der Waals surface area contributed by atoms with Crippen LogP contribution in [0.1, 0.15) is 36.0 Å². The number of carbonyl (C=O) groups excluding carboxylic acids is 1. The van der Waals surface area contributed by atoms with Crippen molar-refractivity contribution in [1.82, 2.24) is 15.3 Å². The Hall–Kier alpha value is -1.72. The van der Waals surface area contributed by atoms with Gasteiger partial charge in [-0.2, -0.15) is 0 Å². The van der Waals surface area contributed by atoms with E-state index in [1.165, 1.54) is 6.42 Å². The molecular formula is C16H21ClN4O. The van der Waals surface area contributed by atoms with Gasteiger partial charge in [-0.15, -0.1) is 12.4 Å². The van der Waals surface area contributed by atoms with Crippen LogP contribution in [-0.4, -0.2) is 28.5 Å². The van der Waals surface area contributed by atoms with Gasteiger partial charge in [0.05, 0.1) is 11.0 Å². The maximum Gasteiger partial charge on any atom is 0.251 e. The standard InChI is InChI=1S/C16H20N4O.ClH/c17-10-12-3-1-2-4-13(12)20-16(21)11-5-6-14-15(9-11)19-8-7-18-14;/h5-9,12-13H,1-4,10,17H2,(H,20,21);1H. The number of halogens is 1. The van der Waals surface area contributed by atoms with Crippen molar-refractivity contribution in [3.8, 4) is 0 Å². The Bertz CT molecular complexity index is 649. The Balaban J connectivity index is 0.00000176. The van der Waals surface area contributed by atoms with E-state index in [0.29, 0.717) is 18.0 Å². The van der Waals surface area contributed by atoms with Crippen LogP contribution in [0, 0.1) is 5.92 Å². The van der Waals surface area contributed by atoms with Gasteiger partial charge < -0.3 is 11.1 Å². The molecule has 0 saturated heterocycles. The molecule has 3 N–H and O–H groups in total. The lowest BCUT2D eigenvalue weighted by Gasteiger charge is -2.31. The molecule has 0 aliphatic heterocycles. The summed E-state index contributed by atoms with van der Waals surface area (Å²) in [6.45, 7) is 0.633. The van der Waals surface area contributed by atoms with E-state index in [1.807, 2.05) is 6.07 Å². The van der Waals surface area contributed by atoms with E-state index in [1.54, 1.807) is 24.5 Å². The van der Waals surface area contributed by atoms with Crippen molar-refractivity contribution in [3.63, 3.8) is 0 Å². The smallest absolute Gasteiger partial charge is 0.251 e. The highest BCUT2D eigenvalue weighted by molar-refractivity contribution is 5.97. The molecular weight excluding hydrogens is 300 g/mol. The number of rotatable bonds is 3. The number of nitrogens with zero attached hydrogens (tertiary/aromatic N) is 2. The second-order valence-corrected chi connectivity index (χ2v) is 5.62. The molecule has 2 unspecified atom stereocenters. The molecule has 1 aromatic heterocycles. The third-order valence-electron chi connectivity index (χ3n) is 4.26. The fourth-order valence-electron chi connectivity index (χ4n) is 3.04. The molecule has 1 fully saturated rings. The van der Waals surface area contributed by atoms with E-state index >= 15 is 0 Å². The molecule has 22 heavy (non-hydrogen) atoms. The summed E-state index contributed by atoms with van der Waals surface area (Å²) < 4.78 is 0. The lowest BCUT2D eigenvalue weighted by Crippen LogP contribution is -2.44. The molecule has 0 radical (unpaired) electrons. The average molecular weight is 321 g/mol. The molecule has 0 spiro atoms. The normalized spacial score (nSPS) is 21.1. The molecule has 118 valence electrons. The summed E-state index contributed by atoms with van der Waals surface area (Å²) in [4.78, 5) is 20.9. The minimum atomic E-state index is -0.0482. The van der Waals surface area contributed by atoms with Crippen LogP contribution in [0.4, 0.5) is 0 Å². The van der Waals surface area contributed by atoms with Crippen molar-refractivity contribution in [1.29, 1.82) is 0 Å². The van der Waals surface area contributed by atoms with Crippen molar-refractivity contribution >= 4 is 29.3 Å². The van der Waals surface area contributed by atoms with Crippen molar-refractivity contribution in [3.05, 3.63) is 36.2 Å². The quantitative estimate of drug-likeness (QED) is 0.909. The largest absolute Gasteiger partial charge is 0.349 e. The van der Waals surface area contributed by atoms with E-state index in [4.69, 9.17) is 5.73 Å². The first-order chi connectivity index (χ1) is 10.3. The number of fused-ring (bicyclic) bond motifs is 1. The number of nitrogens with one attached hydrogen (secondary N) is 1. The molecule has 1 aliphatic carbocycles. The van der Waals surface area contributed by atoms with Crippen LogP contribution in [0.2, 0.25) is 0 Å². The van der Waals surface area contributed by atoms with E-state index < -0.39 is 0 Å². The topological polar surface area (TPSA) is 80.9 Å². The Morgan fingerprint density at radius 3 is 2.68 bits per heavy atom. The highest BCUT2D eigenvalue weighted by Crippen LogP contribution is 2.24. The van der Waals surface area contributed by atoms with E-state index in [0.717, 1.165) is 30.3 Å². The second kappa shape index (κ2) is 7.51. The fourth-order valence-corrected chi connectivity index (χ4v) is 3.04. The number of amides is 1. The number of hydrogen-bond donors (Lipinski definition) is 2. The lowest BCUT2D eigenvalue weighted by atomic mass is 9.84. The van der Waals surface area contributed by atoms with Crippen LogP contribution < -0.4 is 11.1 Å². The van der Waals surface area contributed by atoms with Crippen molar-refractivity contribution in [2.75, 3.05) is 6.54 Å². The monoisotopic (exact) mass is 320 g/mol. The Kier molecular flexibility index (Phi) is 5.69.